The third-order valence-electron chi connectivity index (χ3n) is 1.83. The standard InChI is InChI=1S/C10H11ClO3/c1-13-8-4-3-5-9(14-2)10(8)7(12)6-11/h3-5H,6H2,1-2H3. The van der Waals surface area contributed by atoms with Crippen molar-refractivity contribution < 1.29 is 14.3 Å². The summed E-state index contributed by atoms with van der Waals surface area (Å²) in [6.07, 6.45) is 0. The zero-order valence-electron chi connectivity index (χ0n) is 8.04. The van der Waals surface area contributed by atoms with Gasteiger partial charge in [0.1, 0.15) is 17.1 Å². The van der Waals surface area contributed by atoms with Crippen LogP contribution in [-0.2, 0) is 0 Å². The van der Waals surface area contributed by atoms with Crippen LogP contribution in [0.25, 0.3) is 0 Å². The molecule has 0 amide bonds. The molecule has 0 radical (unpaired) electrons. The van der Waals surface area contributed by atoms with Gasteiger partial charge < -0.3 is 9.47 Å². The molecular formula is C10H11ClO3. The monoisotopic (exact) mass is 214 g/mol. The Morgan fingerprint density at radius 1 is 1.29 bits per heavy atom. The molecule has 0 saturated heterocycles. The lowest BCUT2D eigenvalue weighted by Gasteiger charge is -2.10. The van der Waals surface area contributed by atoms with Gasteiger partial charge in [0.15, 0.2) is 5.78 Å². The van der Waals surface area contributed by atoms with E-state index < -0.39 is 0 Å². The normalized spacial score (nSPS) is 9.64. The minimum atomic E-state index is -0.207. The minimum absolute atomic E-state index is 0.0866. The maximum atomic E-state index is 11.5. The predicted octanol–water partition coefficient (Wildman–Crippen LogP) is 2.13. The van der Waals surface area contributed by atoms with E-state index in [-0.39, 0.29) is 11.7 Å². The second-order valence-corrected chi connectivity index (χ2v) is 2.86. The number of ether oxygens (including phenoxy) is 2. The maximum absolute atomic E-state index is 11.5. The van der Waals surface area contributed by atoms with Gasteiger partial charge >= 0.3 is 0 Å². The maximum Gasteiger partial charge on any atom is 0.185 e. The number of halogens is 1. The molecule has 1 rings (SSSR count). The average Bonchev–Trinajstić information content (AvgIpc) is 2.26. The summed E-state index contributed by atoms with van der Waals surface area (Å²) in [7, 11) is 3.00. The number of hydrogen-bond acceptors (Lipinski definition) is 3. The fourth-order valence-electron chi connectivity index (χ4n) is 1.19. The molecule has 0 saturated carbocycles. The molecule has 0 aliphatic rings. The number of alkyl halides is 1. The molecule has 1 aromatic carbocycles. The number of Topliss-reactive ketones (excluding diaryl/α,β-unsaturated/α-hetero) is 1. The lowest BCUT2D eigenvalue weighted by Crippen LogP contribution is -2.05. The average molecular weight is 215 g/mol. The molecule has 0 bridgehead atoms. The van der Waals surface area contributed by atoms with E-state index >= 15 is 0 Å². The summed E-state index contributed by atoms with van der Waals surface area (Å²) < 4.78 is 10.1. The van der Waals surface area contributed by atoms with E-state index in [2.05, 4.69) is 0 Å². The van der Waals surface area contributed by atoms with Crippen molar-refractivity contribution in [2.24, 2.45) is 0 Å². The molecule has 0 unspecified atom stereocenters. The highest BCUT2D eigenvalue weighted by Crippen LogP contribution is 2.28. The van der Waals surface area contributed by atoms with Crippen molar-refractivity contribution in [3.63, 3.8) is 0 Å². The number of carbonyl (C=O) groups is 1. The van der Waals surface area contributed by atoms with Crippen LogP contribution in [0.15, 0.2) is 18.2 Å². The van der Waals surface area contributed by atoms with E-state index in [1.807, 2.05) is 0 Å². The summed E-state index contributed by atoms with van der Waals surface area (Å²) >= 11 is 5.48. The van der Waals surface area contributed by atoms with Gasteiger partial charge in [0.2, 0.25) is 0 Å². The second-order valence-electron chi connectivity index (χ2n) is 2.59. The van der Waals surface area contributed by atoms with Crippen LogP contribution in [0.3, 0.4) is 0 Å². The van der Waals surface area contributed by atoms with Crippen molar-refractivity contribution in [3.8, 4) is 11.5 Å². The lowest BCUT2D eigenvalue weighted by molar-refractivity contribution is 0.101. The number of benzene rings is 1. The van der Waals surface area contributed by atoms with E-state index in [9.17, 15) is 4.79 Å². The van der Waals surface area contributed by atoms with Crippen LogP contribution in [0.2, 0.25) is 0 Å². The topological polar surface area (TPSA) is 35.5 Å². The first-order valence-corrected chi connectivity index (χ1v) is 4.58. The second kappa shape index (κ2) is 4.86. The first kappa shape index (κ1) is 10.9. The van der Waals surface area contributed by atoms with Crippen LogP contribution >= 0.6 is 11.6 Å². The van der Waals surface area contributed by atoms with Crippen molar-refractivity contribution in [1.29, 1.82) is 0 Å². The van der Waals surface area contributed by atoms with Gasteiger partial charge in [0.05, 0.1) is 20.1 Å². The Balaban J connectivity index is 3.25. The molecule has 1 aromatic rings. The number of rotatable bonds is 4. The van der Waals surface area contributed by atoms with E-state index in [0.29, 0.717) is 17.1 Å². The highest BCUT2D eigenvalue weighted by atomic mass is 35.5. The van der Waals surface area contributed by atoms with Gasteiger partial charge in [-0.25, -0.2) is 0 Å². The van der Waals surface area contributed by atoms with Gasteiger partial charge in [-0.05, 0) is 12.1 Å². The molecule has 3 nitrogen and oxygen atoms in total. The van der Waals surface area contributed by atoms with Crippen molar-refractivity contribution in [2.75, 3.05) is 20.1 Å². The molecule has 0 fully saturated rings. The van der Waals surface area contributed by atoms with Crippen molar-refractivity contribution in [2.45, 2.75) is 0 Å². The highest BCUT2D eigenvalue weighted by Gasteiger charge is 2.16. The molecule has 0 aliphatic carbocycles. The summed E-state index contributed by atoms with van der Waals surface area (Å²) in [4.78, 5) is 11.5. The molecular weight excluding hydrogens is 204 g/mol. The Labute approximate surface area is 87.6 Å². The number of hydrogen-bond donors (Lipinski definition) is 0. The Morgan fingerprint density at radius 2 is 1.79 bits per heavy atom. The Hall–Kier alpha value is -1.22. The van der Waals surface area contributed by atoms with Crippen LogP contribution in [-0.4, -0.2) is 25.9 Å². The van der Waals surface area contributed by atoms with Gasteiger partial charge in [-0.15, -0.1) is 11.6 Å². The van der Waals surface area contributed by atoms with Gasteiger partial charge in [-0.2, -0.15) is 0 Å². The summed E-state index contributed by atoms with van der Waals surface area (Å²) in [5, 5.41) is 0. The third kappa shape index (κ3) is 1.99. The number of ketones is 1. The molecule has 0 aliphatic heterocycles. The molecule has 0 heterocycles. The van der Waals surface area contributed by atoms with Crippen LogP contribution in [0.4, 0.5) is 0 Å². The quantitative estimate of drug-likeness (QED) is 0.569. The molecule has 0 aromatic heterocycles. The third-order valence-corrected chi connectivity index (χ3v) is 2.07. The fraction of sp³-hybridized carbons (Fsp3) is 0.300. The van der Waals surface area contributed by atoms with E-state index in [1.165, 1.54) is 14.2 Å². The fourth-order valence-corrected chi connectivity index (χ4v) is 1.33. The van der Waals surface area contributed by atoms with Crippen LogP contribution in [0, 0.1) is 0 Å². The molecule has 76 valence electrons. The van der Waals surface area contributed by atoms with E-state index in [0.717, 1.165) is 0 Å². The zero-order valence-corrected chi connectivity index (χ0v) is 8.80. The molecule has 0 atom stereocenters. The Kier molecular flexibility index (Phi) is 3.77. The first-order chi connectivity index (χ1) is 6.74. The number of carbonyl (C=O) groups excluding carboxylic acids is 1. The smallest absolute Gasteiger partial charge is 0.185 e. The van der Waals surface area contributed by atoms with Crippen molar-refractivity contribution in [3.05, 3.63) is 23.8 Å². The number of methoxy groups -OCH3 is 2. The zero-order chi connectivity index (χ0) is 10.6. The molecule has 14 heavy (non-hydrogen) atoms. The van der Waals surface area contributed by atoms with Gasteiger partial charge in [0.25, 0.3) is 0 Å². The minimum Gasteiger partial charge on any atom is -0.496 e. The summed E-state index contributed by atoms with van der Waals surface area (Å²) in [6.45, 7) is 0. The predicted molar refractivity (Wildman–Crippen MR) is 54.6 cm³/mol. The van der Waals surface area contributed by atoms with Gasteiger partial charge in [0, 0.05) is 0 Å². The molecule has 0 N–H and O–H groups in total. The lowest BCUT2D eigenvalue weighted by atomic mass is 10.1. The van der Waals surface area contributed by atoms with E-state index in [1.54, 1.807) is 18.2 Å². The Bertz CT molecular complexity index is 314. The van der Waals surface area contributed by atoms with Crippen LogP contribution in [0.1, 0.15) is 10.4 Å². The van der Waals surface area contributed by atoms with Crippen molar-refractivity contribution >= 4 is 17.4 Å². The van der Waals surface area contributed by atoms with Crippen molar-refractivity contribution in [1.82, 2.24) is 0 Å². The highest BCUT2D eigenvalue weighted by molar-refractivity contribution is 6.31. The summed E-state index contributed by atoms with van der Waals surface area (Å²) in [6, 6.07) is 5.15. The SMILES string of the molecule is COc1cccc(OC)c1C(=O)CCl. The van der Waals surface area contributed by atoms with Gasteiger partial charge in [-0.1, -0.05) is 6.07 Å². The van der Waals surface area contributed by atoms with E-state index in [4.69, 9.17) is 21.1 Å². The first-order valence-electron chi connectivity index (χ1n) is 4.04. The van der Waals surface area contributed by atoms with Gasteiger partial charge in [-0.3, -0.25) is 4.79 Å². The Morgan fingerprint density at radius 3 is 2.14 bits per heavy atom. The molecule has 0 spiro atoms. The largest absolute Gasteiger partial charge is 0.496 e. The van der Waals surface area contributed by atoms with Crippen LogP contribution in [0.5, 0.6) is 11.5 Å². The van der Waals surface area contributed by atoms with Crippen LogP contribution < -0.4 is 9.47 Å². The summed E-state index contributed by atoms with van der Waals surface area (Å²) in [5.74, 6) is 0.669. The molecule has 4 heteroatoms. The summed E-state index contributed by atoms with van der Waals surface area (Å²) in [5.41, 5.74) is 0.396.